The standard InChI is InChI=1S/C19H17Cl2N5/c1-11-14(8-9-23-18(11)21)4-6-16-13(3)26(19(25-16)12(2)22)15-5-7-17(20)24-10-15/h5,7-10,13,16H,2,22H2,1,3H3. The van der Waals surface area contributed by atoms with Gasteiger partial charge in [-0.1, -0.05) is 41.6 Å². The molecule has 1 aliphatic heterocycles. The zero-order valence-corrected chi connectivity index (χ0v) is 15.9. The predicted molar refractivity (Wildman–Crippen MR) is 107 cm³/mol. The fourth-order valence-electron chi connectivity index (χ4n) is 2.69. The first-order valence-electron chi connectivity index (χ1n) is 7.94. The number of halogens is 2. The second kappa shape index (κ2) is 7.36. The smallest absolute Gasteiger partial charge is 0.152 e. The molecule has 2 unspecified atom stereocenters. The molecule has 132 valence electrons. The van der Waals surface area contributed by atoms with Gasteiger partial charge in [-0.05, 0) is 32.0 Å². The highest BCUT2D eigenvalue weighted by atomic mass is 35.5. The number of amidine groups is 1. The van der Waals surface area contributed by atoms with E-state index in [9.17, 15) is 0 Å². The molecule has 0 radical (unpaired) electrons. The summed E-state index contributed by atoms with van der Waals surface area (Å²) in [5.74, 6) is 6.94. The van der Waals surface area contributed by atoms with Gasteiger partial charge in [-0.25, -0.2) is 15.0 Å². The minimum absolute atomic E-state index is 0.0432. The van der Waals surface area contributed by atoms with Crippen LogP contribution in [0.5, 0.6) is 0 Å². The molecule has 5 nitrogen and oxygen atoms in total. The third kappa shape index (κ3) is 3.52. The molecule has 0 aromatic carbocycles. The fourth-order valence-corrected chi connectivity index (χ4v) is 2.96. The van der Waals surface area contributed by atoms with Crippen LogP contribution in [0.1, 0.15) is 18.1 Å². The van der Waals surface area contributed by atoms with Gasteiger partial charge in [0.2, 0.25) is 0 Å². The van der Waals surface area contributed by atoms with Gasteiger partial charge in [-0.15, -0.1) is 0 Å². The number of nitrogens with two attached hydrogens (primary N) is 1. The third-order valence-electron chi connectivity index (χ3n) is 4.13. The Morgan fingerprint density at radius 1 is 1.27 bits per heavy atom. The van der Waals surface area contributed by atoms with E-state index in [1.165, 1.54) is 0 Å². The normalized spacial score (nSPS) is 18.9. The first-order chi connectivity index (χ1) is 12.4. The molecule has 2 aromatic heterocycles. The number of aromatic nitrogens is 2. The molecular weight excluding hydrogens is 369 g/mol. The van der Waals surface area contributed by atoms with Crippen molar-refractivity contribution < 1.29 is 0 Å². The van der Waals surface area contributed by atoms with Gasteiger partial charge >= 0.3 is 0 Å². The van der Waals surface area contributed by atoms with Crippen molar-refractivity contribution in [2.24, 2.45) is 10.7 Å². The zero-order chi connectivity index (χ0) is 18.8. The van der Waals surface area contributed by atoms with Gasteiger partial charge in [0.1, 0.15) is 16.3 Å². The minimum Gasteiger partial charge on any atom is -0.396 e. The van der Waals surface area contributed by atoms with E-state index in [0.29, 0.717) is 21.8 Å². The summed E-state index contributed by atoms with van der Waals surface area (Å²) in [5, 5.41) is 0.872. The van der Waals surface area contributed by atoms with Crippen LogP contribution in [0, 0.1) is 18.8 Å². The highest BCUT2D eigenvalue weighted by molar-refractivity contribution is 6.30. The Morgan fingerprint density at radius 3 is 2.69 bits per heavy atom. The average molecular weight is 386 g/mol. The van der Waals surface area contributed by atoms with Gasteiger partial charge in [-0.2, -0.15) is 0 Å². The van der Waals surface area contributed by atoms with Crippen molar-refractivity contribution in [1.29, 1.82) is 0 Å². The molecule has 2 aromatic rings. The SMILES string of the molecule is C=C(N)C1=NC(C#Cc2ccnc(Cl)c2C)C(C)N1c1ccc(Cl)nc1. The molecule has 0 spiro atoms. The lowest BCUT2D eigenvalue weighted by atomic mass is 10.1. The summed E-state index contributed by atoms with van der Waals surface area (Å²) in [4.78, 5) is 14.8. The van der Waals surface area contributed by atoms with Crippen molar-refractivity contribution in [2.45, 2.75) is 25.9 Å². The van der Waals surface area contributed by atoms with E-state index in [-0.39, 0.29) is 12.1 Å². The number of nitrogens with zero attached hydrogens (tertiary/aromatic N) is 4. The van der Waals surface area contributed by atoms with Crippen LogP contribution >= 0.6 is 23.2 Å². The largest absolute Gasteiger partial charge is 0.396 e. The molecule has 3 heterocycles. The van der Waals surface area contributed by atoms with Gasteiger partial charge in [0.25, 0.3) is 0 Å². The quantitative estimate of drug-likeness (QED) is 0.633. The van der Waals surface area contributed by atoms with Gasteiger partial charge in [0, 0.05) is 17.3 Å². The Hall–Kier alpha value is -2.55. The summed E-state index contributed by atoms with van der Waals surface area (Å²) < 4.78 is 0. The van der Waals surface area contributed by atoms with Gasteiger partial charge < -0.3 is 10.6 Å². The molecule has 2 N–H and O–H groups in total. The highest BCUT2D eigenvalue weighted by Gasteiger charge is 2.33. The van der Waals surface area contributed by atoms with E-state index < -0.39 is 0 Å². The Balaban J connectivity index is 1.95. The van der Waals surface area contributed by atoms with Crippen LogP contribution in [0.15, 0.2) is 47.9 Å². The molecule has 7 heteroatoms. The number of rotatable bonds is 2. The molecule has 3 rings (SSSR count). The van der Waals surface area contributed by atoms with Gasteiger partial charge in [0.15, 0.2) is 5.84 Å². The third-order valence-corrected chi connectivity index (χ3v) is 4.73. The lowest BCUT2D eigenvalue weighted by molar-refractivity contribution is 0.702. The number of hydrogen-bond acceptors (Lipinski definition) is 5. The maximum Gasteiger partial charge on any atom is 0.152 e. The van der Waals surface area contributed by atoms with Crippen molar-refractivity contribution in [3.8, 4) is 11.8 Å². The van der Waals surface area contributed by atoms with Crippen molar-refractivity contribution in [1.82, 2.24) is 9.97 Å². The number of hydrogen-bond donors (Lipinski definition) is 1. The lowest BCUT2D eigenvalue weighted by Gasteiger charge is -2.26. The molecule has 0 saturated heterocycles. The molecular formula is C19H17Cl2N5. The fraction of sp³-hybridized carbons (Fsp3) is 0.211. The Kier molecular flexibility index (Phi) is 5.17. The molecule has 0 bridgehead atoms. The molecule has 0 aliphatic carbocycles. The summed E-state index contributed by atoms with van der Waals surface area (Å²) in [6.45, 7) is 7.74. The molecule has 0 fully saturated rings. The van der Waals surface area contributed by atoms with Crippen LogP contribution in [0.4, 0.5) is 5.69 Å². The molecule has 26 heavy (non-hydrogen) atoms. The van der Waals surface area contributed by atoms with E-state index in [0.717, 1.165) is 16.8 Å². The second-order valence-corrected chi connectivity index (χ2v) is 6.66. The number of anilines is 1. The van der Waals surface area contributed by atoms with Crippen LogP contribution in [0.2, 0.25) is 10.3 Å². The highest BCUT2D eigenvalue weighted by Crippen LogP contribution is 2.27. The zero-order valence-electron chi connectivity index (χ0n) is 14.4. The average Bonchev–Trinajstić information content (AvgIpc) is 2.94. The Morgan fingerprint density at radius 2 is 2.04 bits per heavy atom. The molecule has 2 atom stereocenters. The summed E-state index contributed by atoms with van der Waals surface area (Å²) >= 11 is 11.9. The van der Waals surface area contributed by atoms with Crippen LogP contribution < -0.4 is 10.6 Å². The van der Waals surface area contributed by atoms with Crippen molar-refractivity contribution in [3.63, 3.8) is 0 Å². The van der Waals surface area contributed by atoms with E-state index in [1.54, 1.807) is 18.5 Å². The second-order valence-electron chi connectivity index (χ2n) is 5.92. The van der Waals surface area contributed by atoms with Crippen molar-refractivity contribution in [2.75, 3.05) is 4.90 Å². The van der Waals surface area contributed by atoms with Gasteiger partial charge in [-0.3, -0.25) is 0 Å². The van der Waals surface area contributed by atoms with E-state index in [1.807, 2.05) is 30.9 Å². The minimum atomic E-state index is -0.271. The maximum atomic E-state index is 6.06. The van der Waals surface area contributed by atoms with Gasteiger partial charge in [0.05, 0.1) is 23.6 Å². The molecule has 0 amide bonds. The molecule has 0 saturated carbocycles. The van der Waals surface area contributed by atoms with E-state index >= 15 is 0 Å². The molecule has 1 aliphatic rings. The summed E-state index contributed by atoms with van der Waals surface area (Å²) in [6, 6.07) is 5.11. The van der Waals surface area contributed by atoms with Crippen molar-refractivity contribution >= 4 is 34.7 Å². The van der Waals surface area contributed by atoms with E-state index in [4.69, 9.17) is 28.9 Å². The van der Waals surface area contributed by atoms with Crippen LogP contribution in [-0.2, 0) is 0 Å². The predicted octanol–water partition coefficient (Wildman–Crippen LogP) is 3.59. The summed E-state index contributed by atoms with van der Waals surface area (Å²) in [6.07, 6.45) is 3.32. The van der Waals surface area contributed by atoms with Crippen LogP contribution in [0.25, 0.3) is 0 Å². The monoisotopic (exact) mass is 385 g/mol. The number of aliphatic imine (C=N–C) groups is 1. The topological polar surface area (TPSA) is 67.4 Å². The van der Waals surface area contributed by atoms with E-state index in [2.05, 4.69) is 33.4 Å². The van der Waals surface area contributed by atoms with Crippen LogP contribution in [-0.4, -0.2) is 27.9 Å². The Bertz CT molecular complexity index is 941. The lowest BCUT2D eigenvalue weighted by Crippen LogP contribution is -2.39. The van der Waals surface area contributed by atoms with Crippen molar-refractivity contribution in [3.05, 3.63) is 64.3 Å². The Labute approximate surface area is 162 Å². The first-order valence-corrected chi connectivity index (χ1v) is 8.70. The summed E-state index contributed by atoms with van der Waals surface area (Å²) in [7, 11) is 0. The first kappa shape index (κ1) is 18.2. The summed E-state index contributed by atoms with van der Waals surface area (Å²) in [5.41, 5.74) is 8.82. The maximum absolute atomic E-state index is 6.06. The van der Waals surface area contributed by atoms with Crippen LogP contribution in [0.3, 0.4) is 0 Å². The number of pyridine rings is 2.